The van der Waals surface area contributed by atoms with E-state index in [0.717, 1.165) is 28.8 Å². The zero-order chi connectivity index (χ0) is 15.0. The van der Waals surface area contributed by atoms with Crippen LogP contribution in [0.2, 0.25) is 0 Å². The lowest BCUT2D eigenvalue weighted by atomic mass is 10.1. The fraction of sp³-hybridized carbons (Fsp3) is 0.333. The Morgan fingerprint density at radius 3 is 2.95 bits per heavy atom. The van der Waals surface area contributed by atoms with Crippen LogP contribution in [0.15, 0.2) is 23.0 Å². The Labute approximate surface area is 121 Å². The van der Waals surface area contributed by atoms with Gasteiger partial charge in [-0.25, -0.2) is 0 Å². The molecule has 0 spiro atoms. The molecule has 21 heavy (non-hydrogen) atoms. The quantitative estimate of drug-likeness (QED) is 0.762. The van der Waals surface area contributed by atoms with Gasteiger partial charge in [0.25, 0.3) is 5.56 Å². The lowest BCUT2D eigenvalue weighted by molar-refractivity contribution is 0.415. The Hall–Kier alpha value is -2.34. The van der Waals surface area contributed by atoms with E-state index in [-0.39, 0.29) is 5.56 Å². The van der Waals surface area contributed by atoms with Gasteiger partial charge in [-0.05, 0) is 38.1 Å². The van der Waals surface area contributed by atoms with Crippen molar-refractivity contribution in [2.45, 2.75) is 19.9 Å². The fourth-order valence-electron chi connectivity index (χ4n) is 2.67. The van der Waals surface area contributed by atoms with Crippen LogP contribution >= 0.6 is 0 Å². The average Bonchev–Trinajstić information content (AvgIpc) is 2.89. The summed E-state index contributed by atoms with van der Waals surface area (Å²) in [6, 6.07) is 5.66. The largest absolute Gasteiger partial charge is 0.497 e. The van der Waals surface area contributed by atoms with Gasteiger partial charge >= 0.3 is 0 Å². The van der Waals surface area contributed by atoms with Crippen molar-refractivity contribution in [1.29, 1.82) is 0 Å². The number of ether oxygens (including phenoxy) is 1. The molecule has 0 fully saturated rings. The van der Waals surface area contributed by atoms with Gasteiger partial charge in [0.2, 0.25) is 0 Å². The number of rotatable bonds is 4. The molecule has 3 N–H and O–H groups in total. The van der Waals surface area contributed by atoms with Crippen molar-refractivity contribution >= 4 is 21.8 Å². The molecule has 0 saturated heterocycles. The summed E-state index contributed by atoms with van der Waals surface area (Å²) in [5.41, 5.74) is 7.88. The maximum atomic E-state index is 12.7. The highest BCUT2D eigenvalue weighted by Crippen LogP contribution is 2.26. The van der Waals surface area contributed by atoms with E-state index in [1.54, 1.807) is 11.7 Å². The normalized spacial score (nSPS) is 11.4. The molecule has 0 bridgehead atoms. The smallest absolute Gasteiger partial charge is 0.262 e. The van der Waals surface area contributed by atoms with Gasteiger partial charge < -0.3 is 15.0 Å². The molecule has 0 aliphatic rings. The van der Waals surface area contributed by atoms with Gasteiger partial charge in [-0.3, -0.25) is 9.89 Å². The molecule has 6 heteroatoms. The Morgan fingerprint density at radius 1 is 1.43 bits per heavy atom. The molecular formula is C15H18N4O2. The number of hydrogen-bond donors (Lipinski definition) is 2. The first-order valence-electron chi connectivity index (χ1n) is 6.92. The van der Waals surface area contributed by atoms with E-state index in [1.165, 1.54) is 0 Å². The fourth-order valence-corrected chi connectivity index (χ4v) is 2.67. The van der Waals surface area contributed by atoms with Crippen molar-refractivity contribution in [2.75, 3.05) is 13.7 Å². The number of hydrogen-bond acceptors (Lipinski definition) is 4. The predicted octanol–water partition coefficient (Wildman–Crippen LogP) is 1.54. The molecule has 3 rings (SSSR count). The monoisotopic (exact) mass is 286 g/mol. The number of aryl methyl sites for hydroxylation is 2. The van der Waals surface area contributed by atoms with E-state index < -0.39 is 0 Å². The zero-order valence-corrected chi connectivity index (χ0v) is 12.1. The maximum Gasteiger partial charge on any atom is 0.262 e. The summed E-state index contributed by atoms with van der Waals surface area (Å²) in [6.07, 6.45) is 0.753. The van der Waals surface area contributed by atoms with Gasteiger partial charge in [0.05, 0.1) is 18.0 Å². The summed E-state index contributed by atoms with van der Waals surface area (Å²) in [5, 5.41) is 8.73. The second-order valence-corrected chi connectivity index (χ2v) is 5.05. The minimum atomic E-state index is -0.0256. The molecule has 110 valence electrons. The maximum absolute atomic E-state index is 12.7. The van der Waals surface area contributed by atoms with Gasteiger partial charge in [-0.1, -0.05) is 0 Å². The first kappa shape index (κ1) is 13.6. The minimum absolute atomic E-state index is 0.0256. The molecule has 0 saturated carbocycles. The molecule has 3 aromatic rings. The van der Waals surface area contributed by atoms with Gasteiger partial charge in [-0.2, -0.15) is 5.10 Å². The van der Waals surface area contributed by atoms with Crippen molar-refractivity contribution in [1.82, 2.24) is 14.8 Å². The number of methoxy groups -OCH3 is 1. The Morgan fingerprint density at radius 2 is 2.24 bits per heavy atom. The number of H-pyrrole nitrogens is 1. The molecule has 0 atom stereocenters. The van der Waals surface area contributed by atoms with Crippen LogP contribution in [0.4, 0.5) is 0 Å². The molecule has 1 aromatic carbocycles. The van der Waals surface area contributed by atoms with Gasteiger partial charge in [0.1, 0.15) is 11.3 Å². The summed E-state index contributed by atoms with van der Waals surface area (Å²) in [6.45, 7) is 3.00. The van der Waals surface area contributed by atoms with E-state index in [9.17, 15) is 4.79 Å². The second-order valence-electron chi connectivity index (χ2n) is 5.05. The second kappa shape index (κ2) is 5.21. The average molecular weight is 286 g/mol. The SMILES string of the molecule is COc1ccc2c(c1)c1n[nH]c(C)c1c(=O)n2CCCN. The van der Waals surface area contributed by atoms with Crippen molar-refractivity contribution in [2.24, 2.45) is 5.73 Å². The van der Waals surface area contributed by atoms with Crippen LogP contribution in [-0.4, -0.2) is 28.4 Å². The number of pyridine rings is 1. The highest BCUT2D eigenvalue weighted by atomic mass is 16.5. The van der Waals surface area contributed by atoms with Crippen LogP contribution in [0.3, 0.4) is 0 Å². The van der Waals surface area contributed by atoms with E-state index in [2.05, 4.69) is 10.2 Å². The van der Waals surface area contributed by atoms with Crippen LogP contribution in [0.5, 0.6) is 5.75 Å². The first-order valence-corrected chi connectivity index (χ1v) is 6.92. The van der Waals surface area contributed by atoms with Gasteiger partial charge in [0.15, 0.2) is 0 Å². The Bertz CT molecular complexity index is 863. The molecule has 2 aromatic heterocycles. The minimum Gasteiger partial charge on any atom is -0.497 e. The van der Waals surface area contributed by atoms with Crippen LogP contribution in [-0.2, 0) is 6.54 Å². The molecule has 6 nitrogen and oxygen atoms in total. The third kappa shape index (κ3) is 2.08. The standard InChI is InChI=1S/C15H18N4O2/c1-9-13-14(18-17-9)11-8-10(21-2)4-5-12(11)19(15(13)20)7-3-6-16/h4-5,8H,3,6-7,16H2,1-2H3,(H,17,18). The molecule has 0 aliphatic heterocycles. The summed E-state index contributed by atoms with van der Waals surface area (Å²) in [7, 11) is 1.62. The van der Waals surface area contributed by atoms with Crippen LogP contribution in [0.1, 0.15) is 12.1 Å². The molecule has 0 radical (unpaired) electrons. The first-order chi connectivity index (χ1) is 10.2. The van der Waals surface area contributed by atoms with Crippen molar-refractivity contribution in [3.05, 3.63) is 34.2 Å². The number of nitrogens with one attached hydrogen (secondary N) is 1. The number of aromatic amines is 1. The molecule has 0 amide bonds. The summed E-state index contributed by atoms with van der Waals surface area (Å²) >= 11 is 0. The third-order valence-electron chi connectivity index (χ3n) is 3.74. The van der Waals surface area contributed by atoms with Crippen LogP contribution in [0.25, 0.3) is 21.8 Å². The van der Waals surface area contributed by atoms with Gasteiger partial charge in [-0.15, -0.1) is 0 Å². The Kier molecular flexibility index (Phi) is 3.39. The lowest BCUT2D eigenvalue weighted by Crippen LogP contribution is -2.22. The summed E-state index contributed by atoms with van der Waals surface area (Å²) < 4.78 is 7.05. The van der Waals surface area contributed by atoms with Crippen molar-refractivity contribution < 1.29 is 4.74 Å². The number of nitrogens with zero attached hydrogens (tertiary/aromatic N) is 2. The summed E-state index contributed by atoms with van der Waals surface area (Å²) in [4.78, 5) is 12.7. The molecule has 0 aliphatic carbocycles. The number of benzene rings is 1. The van der Waals surface area contributed by atoms with E-state index in [4.69, 9.17) is 10.5 Å². The van der Waals surface area contributed by atoms with Crippen LogP contribution in [0, 0.1) is 6.92 Å². The molecule has 2 heterocycles. The van der Waals surface area contributed by atoms with E-state index in [0.29, 0.717) is 24.0 Å². The van der Waals surface area contributed by atoms with E-state index in [1.807, 2.05) is 25.1 Å². The topological polar surface area (TPSA) is 85.9 Å². The highest BCUT2D eigenvalue weighted by molar-refractivity contribution is 6.04. The number of aromatic nitrogens is 3. The Balaban J connectivity index is 2.43. The van der Waals surface area contributed by atoms with E-state index >= 15 is 0 Å². The number of fused-ring (bicyclic) bond motifs is 3. The van der Waals surface area contributed by atoms with Gasteiger partial charge in [0, 0.05) is 17.6 Å². The summed E-state index contributed by atoms with van der Waals surface area (Å²) in [5.74, 6) is 0.744. The molecular weight excluding hydrogens is 268 g/mol. The lowest BCUT2D eigenvalue weighted by Gasteiger charge is -2.11. The zero-order valence-electron chi connectivity index (χ0n) is 12.1. The third-order valence-corrected chi connectivity index (χ3v) is 3.74. The predicted molar refractivity (Wildman–Crippen MR) is 82.8 cm³/mol. The highest BCUT2D eigenvalue weighted by Gasteiger charge is 2.15. The number of nitrogens with two attached hydrogens (primary N) is 1. The van der Waals surface area contributed by atoms with Crippen molar-refractivity contribution in [3.8, 4) is 5.75 Å². The van der Waals surface area contributed by atoms with Crippen LogP contribution < -0.4 is 16.0 Å². The van der Waals surface area contributed by atoms with Crippen molar-refractivity contribution in [3.63, 3.8) is 0 Å². The molecule has 0 unspecified atom stereocenters.